The van der Waals surface area contributed by atoms with E-state index in [-0.39, 0.29) is 22.5 Å². The molecule has 0 radical (unpaired) electrons. The number of nitrogens with zero attached hydrogens (tertiary/aromatic N) is 2. The number of carboxylic acid groups (broad SMARTS) is 1. The Bertz CT molecular complexity index is 1840. The summed E-state index contributed by atoms with van der Waals surface area (Å²) in [6.07, 6.45) is 6.26. The predicted octanol–water partition coefficient (Wildman–Crippen LogP) is 1.70. The predicted molar refractivity (Wildman–Crippen MR) is 161 cm³/mol. The summed E-state index contributed by atoms with van der Waals surface area (Å²) < 4.78 is 35.3. The number of amides is 1. The number of aryl methyl sites for hydroxylation is 2. The van der Waals surface area contributed by atoms with Gasteiger partial charge in [0.15, 0.2) is 5.95 Å². The van der Waals surface area contributed by atoms with Crippen molar-refractivity contribution in [1.82, 2.24) is 24.6 Å². The number of fused-ring (bicyclic) bond motifs is 1. The van der Waals surface area contributed by atoms with Crippen LogP contribution >= 0.6 is 0 Å². The quantitative estimate of drug-likeness (QED) is 0.0957. The SMILES string of the molecule is Cc1cc(OCCCC=O)ccc1S(=O)(=O)NC(CNC(=O)c1cn(C)c2cc(CNc3ncc[nH]3)ccc2c1=O)C(=O)O. The Hall–Kier alpha value is -5.02. The Balaban J connectivity index is 1.44. The van der Waals surface area contributed by atoms with Crippen molar-refractivity contribution in [3.63, 3.8) is 0 Å². The summed E-state index contributed by atoms with van der Waals surface area (Å²) >= 11 is 0. The Morgan fingerprint density at radius 1 is 1.20 bits per heavy atom. The number of unbranched alkanes of at least 4 members (excludes halogenated alkanes) is 1. The molecule has 1 atom stereocenters. The molecule has 0 bridgehead atoms. The third kappa shape index (κ3) is 7.67. The highest BCUT2D eigenvalue weighted by Crippen LogP contribution is 2.22. The number of aromatic amines is 1. The summed E-state index contributed by atoms with van der Waals surface area (Å²) in [5, 5.41) is 15.5. The van der Waals surface area contributed by atoms with Crippen LogP contribution in [-0.4, -0.2) is 65.4 Å². The topological polar surface area (TPSA) is 202 Å². The van der Waals surface area contributed by atoms with Gasteiger partial charge in [0.25, 0.3) is 5.91 Å². The minimum atomic E-state index is -4.32. The van der Waals surface area contributed by atoms with Crippen LogP contribution in [0.5, 0.6) is 5.75 Å². The summed E-state index contributed by atoms with van der Waals surface area (Å²) in [7, 11) is -2.65. The van der Waals surface area contributed by atoms with Gasteiger partial charge in [-0.1, -0.05) is 6.07 Å². The highest BCUT2D eigenvalue weighted by Gasteiger charge is 2.28. The Labute approximate surface area is 252 Å². The number of hydrogen-bond donors (Lipinski definition) is 5. The number of rotatable bonds is 15. The second-order valence-electron chi connectivity index (χ2n) is 9.93. The van der Waals surface area contributed by atoms with Crippen molar-refractivity contribution in [2.24, 2.45) is 7.05 Å². The van der Waals surface area contributed by atoms with E-state index in [0.29, 0.717) is 42.2 Å². The smallest absolute Gasteiger partial charge is 0.323 e. The summed E-state index contributed by atoms with van der Waals surface area (Å²) in [5.41, 5.74) is 0.961. The number of benzene rings is 2. The molecule has 2 heterocycles. The maximum atomic E-state index is 13.2. The number of carboxylic acids is 1. The third-order valence-electron chi connectivity index (χ3n) is 6.69. The van der Waals surface area contributed by atoms with Gasteiger partial charge in [-0.15, -0.1) is 0 Å². The van der Waals surface area contributed by atoms with E-state index in [2.05, 4.69) is 25.3 Å². The van der Waals surface area contributed by atoms with Crippen LogP contribution in [0.25, 0.3) is 10.9 Å². The van der Waals surface area contributed by atoms with Crippen molar-refractivity contribution in [3.05, 3.63) is 81.9 Å². The van der Waals surface area contributed by atoms with Crippen molar-refractivity contribution in [2.75, 3.05) is 18.5 Å². The molecule has 0 aliphatic carbocycles. The number of nitrogens with one attached hydrogen (secondary N) is 4. The molecule has 2 aromatic carbocycles. The second-order valence-corrected chi connectivity index (χ2v) is 11.6. The number of sulfonamides is 1. The molecule has 0 saturated carbocycles. The van der Waals surface area contributed by atoms with E-state index < -0.39 is 39.9 Å². The third-order valence-corrected chi connectivity index (χ3v) is 8.32. The van der Waals surface area contributed by atoms with Crippen molar-refractivity contribution < 1.29 is 32.6 Å². The van der Waals surface area contributed by atoms with Gasteiger partial charge >= 0.3 is 5.97 Å². The lowest BCUT2D eigenvalue weighted by molar-refractivity contribution is -0.138. The normalized spacial score (nSPS) is 12.0. The number of aldehydes is 1. The van der Waals surface area contributed by atoms with Crippen molar-refractivity contribution in [3.8, 4) is 5.75 Å². The van der Waals surface area contributed by atoms with Gasteiger partial charge < -0.3 is 34.8 Å². The molecule has 0 aliphatic heterocycles. The summed E-state index contributed by atoms with van der Waals surface area (Å²) in [4.78, 5) is 55.4. The molecule has 2 aromatic heterocycles. The van der Waals surface area contributed by atoms with Crippen LogP contribution in [0.15, 0.2) is 64.7 Å². The second kappa shape index (κ2) is 14.0. The molecule has 0 spiro atoms. The number of hydrogen-bond acceptors (Lipinski definition) is 9. The average Bonchev–Trinajstić information content (AvgIpc) is 3.51. The average molecular weight is 625 g/mol. The van der Waals surface area contributed by atoms with Crippen LogP contribution in [0.3, 0.4) is 0 Å². The Kier molecular flexibility index (Phi) is 10.1. The van der Waals surface area contributed by atoms with E-state index >= 15 is 0 Å². The van der Waals surface area contributed by atoms with E-state index in [1.54, 1.807) is 42.2 Å². The van der Waals surface area contributed by atoms with Crippen LogP contribution < -0.4 is 25.5 Å². The minimum absolute atomic E-state index is 0.169. The molecule has 232 valence electrons. The number of ether oxygens (including phenoxy) is 1. The molecule has 1 amide bonds. The lowest BCUT2D eigenvalue weighted by Gasteiger charge is -2.17. The number of carbonyl (C=O) groups excluding carboxylic acids is 2. The van der Waals surface area contributed by atoms with Crippen LogP contribution in [0.1, 0.15) is 34.3 Å². The summed E-state index contributed by atoms with van der Waals surface area (Å²) in [5.74, 6) is -1.39. The van der Waals surface area contributed by atoms with Gasteiger partial charge in [0, 0.05) is 50.5 Å². The van der Waals surface area contributed by atoms with E-state index in [0.717, 1.165) is 11.8 Å². The molecule has 0 fully saturated rings. The molecule has 14 nitrogen and oxygen atoms in total. The molecular weight excluding hydrogens is 592 g/mol. The van der Waals surface area contributed by atoms with Gasteiger partial charge in [0.1, 0.15) is 23.6 Å². The van der Waals surface area contributed by atoms with Crippen LogP contribution in [0.4, 0.5) is 5.95 Å². The molecule has 44 heavy (non-hydrogen) atoms. The zero-order chi connectivity index (χ0) is 31.9. The fraction of sp³-hybridized carbons (Fsp3) is 0.276. The van der Waals surface area contributed by atoms with Crippen molar-refractivity contribution in [1.29, 1.82) is 0 Å². The molecule has 0 aliphatic rings. The first kappa shape index (κ1) is 31.9. The molecular formula is C29H32N6O8S. The molecule has 0 saturated heterocycles. The van der Waals surface area contributed by atoms with Gasteiger partial charge in [-0.2, -0.15) is 4.72 Å². The fourth-order valence-electron chi connectivity index (χ4n) is 4.44. The highest BCUT2D eigenvalue weighted by molar-refractivity contribution is 7.89. The molecule has 5 N–H and O–H groups in total. The van der Waals surface area contributed by atoms with Crippen LogP contribution in [0, 0.1) is 6.92 Å². The number of imidazole rings is 1. The number of pyridine rings is 1. The summed E-state index contributed by atoms with van der Waals surface area (Å²) in [6, 6.07) is 7.61. The van der Waals surface area contributed by atoms with Gasteiger partial charge in [0.05, 0.1) is 17.0 Å². The van der Waals surface area contributed by atoms with Gasteiger partial charge in [-0.05, 0) is 54.8 Å². The largest absolute Gasteiger partial charge is 0.494 e. The van der Waals surface area contributed by atoms with E-state index in [1.807, 2.05) is 0 Å². The maximum absolute atomic E-state index is 13.2. The van der Waals surface area contributed by atoms with Crippen LogP contribution in [-0.2, 0) is 33.2 Å². The number of anilines is 1. The van der Waals surface area contributed by atoms with E-state index in [1.165, 1.54) is 31.3 Å². The first-order valence-corrected chi connectivity index (χ1v) is 15.0. The lowest BCUT2D eigenvalue weighted by atomic mass is 10.1. The monoisotopic (exact) mass is 624 g/mol. The zero-order valence-corrected chi connectivity index (χ0v) is 24.8. The Morgan fingerprint density at radius 2 is 2.00 bits per heavy atom. The van der Waals surface area contributed by atoms with E-state index in [9.17, 15) is 32.7 Å². The van der Waals surface area contributed by atoms with E-state index in [4.69, 9.17) is 4.74 Å². The molecule has 15 heteroatoms. The number of aromatic nitrogens is 3. The zero-order valence-electron chi connectivity index (χ0n) is 24.0. The van der Waals surface area contributed by atoms with Gasteiger partial charge in [-0.25, -0.2) is 13.4 Å². The molecule has 4 rings (SSSR count). The van der Waals surface area contributed by atoms with Crippen LogP contribution in [0.2, 0.25) is 0 Å². The number of carbonyl (C=O) groups is 3. The highest BCUT2D eigenvalue weighted by atomic mass is 32.2. The number of H-pyrrole nitrogens is 1. The minimum Gasteiger partial charge on any atom is -0.494 e. The first-order valence-electron chi connectivity index (χ1n) is 13.6. The first-order chi connectivity index (χ1) is 21.0. The van der Waals surface area contributed by atoms with Crippen molar-refractivity contribution in [2.45, 2.75) is 37.2 Å². The Morgan fingerprint density at radius 3 is 2.68 bits per heavy atom. The van der Waals surface area contributed by atoms with Gasteiger partial charge in [-0.3, -0.25) is 14.4 Å². The fourth-order valence-corrected chi connectivity index (χ4v) is 5.85. The lowest BCUT2D eigenvalue weighted by Crippen LogP contribution is -2.48. The standard InChI is InChI=1S/C29H32N6O8S/c1-18-13-20(43-12-4-3-11-36)6-8-25(18)44(41,42)34-23(28(39)40)16-32-27(38)22-17-35(2)24-14-19(5-7-21(24)26(22)37)15-33-29-30-9-10-31-29/h5-11,13-14,17,23,34H,3-4,12,15-16H2,1-2H3,(H,32,38)(H,39,40)(H2,30,31,33). The summed E-state index contributed by atoms with van der Waals surface area (Å²) in [6.45, 7) is 1.61. The molecule has 1 unspecified atom stereocenters. The van der Waals surface area contributed by atoms with Gasteiger partial charge in [0.2, 0.25) is 15.5 Å². The van der Waals surface area contributed by atoms with Crippen molar-refractivity contribution >= 4 is 45.0 Å². The molecule has 4 aromatic rings. The maximum Gasteiger partial charge on any atom is 0.323 e. The number of aliphatic carboxylic acids is 1.